The van der Waals surface area contributed by atoms with Crippen LogP contribution in [0.3, 0.4) is 0 Å². The second-order valence-corrected chi connectivity index (χ2v) is 6.28. The Balaban J connectivity index is 1.45. The number of fused-ring (bicyclic) bond motifs is 1. The number of esters is 1. The van der Waals surface area contributed by atoms with Crippen LogP contribution in [0.25, 0.3) is 17.0 Å². The molecule has 29 heavy (non-hydrogen) atoms. The minimum atomic E-state index is -0.585. The summed E-state index contributed by atoms with van der Waals surface area (Å²) in [7, 11) is 1.61. The van der Waals surface area contributed by atoms with E-state index in [9.17, 15) is 9.59 Å². The van der Waals surface area contributed by atoms with E-state index >= 15 is 0 Å². The van der Waals surface area contributed by atoms with E-state index < -0.39 is 5.97 Å². The summed E-state index contributed by atoms with van der Waals surface area (Å²) in [4.78, 5) is 28.1. The molecule has 148 valence electrons. The van der Waals surface area contributed by atoms with Gasteiger partial charge in [0.05, 0.1) is 12.6 Å². The van der Waals surface area contributed by atoms with Crippen molar-refractivity contribution in [3.8, 4) is 5.75 Å². The van der Waals surface area contributed by atoms with E-state index in [0.717, 1.165) is 27.8 Å². The first-order valence-electron chi connectivity index (χ1n) is 9.24. The van der Waals surface area contributed by atoms with Gasteiger partial charge in [-0.2, -0.15) is 0 Å². The highest BCUT2D eigenvalue weighted by Gasteiger charge is 2.07. The van der Waals surface area contributed by atoms with E-state index in [1.165, 1.54) is 6.08 Å². The van der Waals surface area contributed by atoms with Gasteiger partial charge in [0.15, 0.2) is 6.61 Å². The van der Waals surface area contributed by atoms with E-state index in [-0.39, 0.29) is 12.5 Å². The molecule has 3 rings (SSSR count). The van der Waals surface area contributed by atoms with Crippen molar-refractivity contribution in [1.82, 2.24) is 10.3 Å². The summed E-state index contributed by atoms with van der Waals surface area (Å²) in [5.41, 5.74) is 2.60. The predicted octanol–water partition coefficient (Wildman–Crippen LogP) is 3.16. The fourth-order valence-corrected chi connectivity index (χ4v) is 2.90. The Morgan fingerprint density at radius 2 is 1.90 bits per heavy atom. The molecule has 0 fully saturated rings. The number of ether oxygens (including phenoxy) is 2. The summed E-state index contributed by atoms with van der Waals surface area (Å²) < 4.78 is 10.3. The minimum Gasteiger partial charge on any atom is -0.496 e. The number of rotatable bonds is 8. The molecule has 0 aliphatic rings. The summed E-state index contributed by atoms with van der Waals surface area (Å²) in [5.74, 6) is -0.160. The number of carbonyl (C=O) groups is 2. The van der Waals surface area contributed by atoms with Crippen LogP contribution in [0.1, 0.15) is 11.1 Å². The van der Waals surface area contributed by atoms with Crippen LogP contribution in [0, 0.1) is 0 Å². The van der Waals surface area contributed by atoms with Crippen molar-refractivity contribution in [1.29, 1.82) is 0 Å². The molecule has 0 atom stereocenters. The van der Waals surface area contributed by atoms with Crippen LogP contribution in [-0.2, 0) is 20.7 Å². The zero-order chi connectivity index (χ0) is 20.5. The van der Waals surface area contributed by atoms with Crippen LogP contribution in [0.2, 0.25) is 0 Å². The second kappa shape index (κ2) is 10.0. The highest BCUT2D eigenvalue weighted by Crippen LogP contribution is 2.18. The molecule has 6 heteroatoms. The molecule has 1 aromatic heterocycles. The number of pyridine rings is 1. The number of hydrogen-bond acceptors (Lipinski definition) is 5. The number of aromatic nitrogens is 1. The van der Waals surface area contributed by atoms with Crippen LogP contribution >= 0.6 is 0 Å². The Labute approximate surface area is 169 Å². The minimum absolute atomic E-state index is 0.330. The van der Waals surface area contributed by atoms with Gasteiger partial charge in [-0.25, -0.2) is 4.79 Å². The van der Waals surface area contributed by atoms with Gasteiger partial charge in [-0.15, -0.1) is 0 Å². The lowest BCUT2D eigenvalue weighted by atomic mass is 10.1. The lowest BCUT2D eigenvalue weighted by Gasteiger charge is -2.09. The number of methoxy groups -OCH3 is 1. The number of amides is 1. The van der Waals surface area contributed by atoms with E-state index in [4.69, 9.17) is 9.47 Å². The van der Waals surface area contributed by atoms with Crippen molar-refractivity contribution in [3.63, 3.8) is 0 Å². The second-order valence-electron chi connectivity index (χ2n) is 6.28. The fourth-order valence-electron chi connectivity index (χ4n) is 2.90. The van der Waals surface area contributed by atoms with Gasteiger partial charge in [0.2, 0.25) is 0 Å². The number of para-hydroxylation sites is 2. The van der Waals surface area contributed by atoms with Gasteiger partial charge in [-0.1, -0.05) is 42.5 Å². The third-order valence-corrected chi connectivity index (χ3v) is 4.32. The molecule has 0 saturated carbocycles. The fraction of sp³-hybridized carbons (Fsp3) is 0.174. The number of benzene rings is 2. The molecule has 0 bridgehead atoms. The third-order valence-electron chi connectivity index (χ3n) is 4.32. The molecule has 6 nitrogen and oxygen atoms in total. The van der Waals surface area contributed by atoms with Gasteiger partial charge < -0.3 is 14.8 Å². The Morgan fingerprint density at radius 3 is 2.76 bits per heavy atom. The summed E-state index contributed by atoms with van der Waals surface area (Å²) in [6.07, 6.45) is 5.26. The highest BCUT2D eigenvalue weighted by molar-refractivity contribution is 5.93. The van der Waals surface area contributed by atoms with Crippen LogP contribution in [0.5, 0.6) is 5.75 Å². The maximum Gasteiger partial charge on any atom is 0.331 e. The highest BCUT2D eigenvalue weighted by atomic mass is 16.5. The SMILES string of the molecule is COc1ccccc1CCNC(=O)COC(=O)/C=C/c1cccc2cccnc12. The van der Waals surface area contributed by atoms with E-state index in [1.807, 2.05) is 54.6 Å². The molecule has 1 heterocycles. The van der Waals surface area contributed by atoms with Crippen molar-refractivity contribution in [2.45, 2.75) is 6.42 Å². The van der Waals surface area contributed by atoms with Crippen LogP contribution in [-0.4, -0.2) is 37.1 Å². The monoisotopic (exact) mass is 390 g/mol. The van der Waals surface area contributed by atoms with Gasteiger partial charge in [-0.05, 0) is 30.2 Å². The molecule has 0 radical (unpaired) electrons. The summed E-state index contributed by atoms with van der Waals surface area (Å²) in [6.45, 7) is 0.0944. The lowest BCUT2D eigenvalue weighted by molar-refractivity contribution is -0.143. The molecule has 1 amide bonds. The van der Waals surface area contributed by atoms with Crippen LogP contribution in [0.4, 0.5) is 0 Å². The molecule has 0 spiro atoms. The molecule has 2 aromatic carbocycles. The summed E-state index contributed by atoms with van der Waals surface area (Å²) >= 11 is 0. The number of carbonyl (C=O) groups excluding carboxylic acids is 2. The van der Waals surface area contributed by atoms with E-state index in [0.29, 0.717) is 13.0 Å². The largest absolute Gasteiger partial charge is 0.496 e. The molecule has 3 aromatic rings. The average molecular weight is 390 g/mol. The van der Waals surface area contributed by atoms with Crippen molar-refractivity contribution in [2.75, 3.05) is 20.3 Å². The standard InChI is InChI=1S/C23H22N2O4/c1-28-20-10-3-2-6-17(20)13-15-24-21(26)16-29-22(27)12-11-19-8-4-7-18-9-5-14-25-23(18)19/h2-12,14H,13,15-16H2,1H3,(H,24,26)/b12-11+. The molecule has 0 aliphatic carbocycles. The number of nitrogens with one attached hydrogen (secondary N) is 1. The quantitative estimate of drug-likeness (QED) is 0.472. The van der Waals surface area contributed by atoms with E-state index in [1.54, 1.807) is 19.4 Å². The first-order chi connectivity index (χ1) is 14.2. The third kappa shape index (κ3) is 5.65. The smallest absolute Gasteiger partial charge is 0.331 e. The van der Waals surface area contributed by atoms with Crippen LogP contribution in [0.15, 0.2) is 66.9 Å². The maximum absolute atomic E-state index is 11.9. The van der Waals surface area contributed by atoms with Gasteiger partial charge in [0.25, 0.3) is 5.91 Å². The molecular weight excluding hydrogens is 368 g/mol. The summed E-state index contributed by atoms with van der Waals surface area (Å²) in [5, 5.41) is 3.71. The molecule has 0 unspecified atom stereocenters. The topological polar surface area (TPSA) is 77.5 Å². The van der Waals surface area contributed by atoms with E-state index in [2.05, 4.69) is 10.3 Å². The zero-order valence-electron chi connectivity index (χ0n) is 16.1. The molecular formula is C23H22N2O4. The number of hydrogen-bond donors (Lipinski definition) is 1. The zero-order valence-corrected chi connectivity index (χ0v) is 16.1. The summed E-state index contributed by atoms with van der Waals surface area (Å²) in [6, 6.07) is 17.1. The average Bonchev–Trinajstić information content (AvgIpc) is 2.76. The van der Waals surface area contributed by atoms with Crippen molar-refractivity contribution < 1.29 is 19.1 Å². The van der Waals surface area contributed by atoms with Crippen molar-refractivity contribution >= 4 is 28.9 Å². The molecule has 0 aliphatic heterocycles. The Bertz CT molecular complexity index is 1020. The first-order valence-corrected chi connectivity index (χ1v) is 9.24. The Hall–Kier alpha value is -3.67. The Kier molecular flexibility index (Phi) is 6.95. The van der Waals surface area contributed by atoms with Crippen molar-refractivity contribution in [3.05, 3.63) is 78.0 Å². The van der Waals surface area contributed by atoms with Crippen LogP contribution < -0.4 is 10.1 Å². The first kappa shape index (κ1) is 20.1. The van der Waals surface area contributed by atoms with Gasteiger partial charge in [0, 0.05) is 29.8 Å². The lowest BCUT2D eigenvalue weighted by Crippen LogP contribution is -2.30. The van der Waals surface area contributed by atoms with Gasteiger partial charge >= 0.3 is 5.97 Å². The molecule has 1 N–H and O–H groups in total. The Morgan fingerprint density at radius 1 is 1.07 bits per heavy atom. The number of nitrogens with zero attached hydrogens (tertiary/aromatic N) is 1. The normalized spacial score (nSPS) is 10.8. The molecule has 0 saturated heterocycles. The van der Waals surface area contributed by atoms with Gasteiger partial charge in [-0.3, -0.25) is 9.78 Å². The predicted molar refractivity (Wildman–Crippen MR) is 111 cm³/mol. The van der Waals surface area contributed by atoms with Crippen molar-refractivity contribution in [2.24, 2.45) is 0 Å². The van der Waals surface area contributed by atoms with Gasteiger partial charge in [0.1, 0.15) is 5.75 Å². The maximum atomic E-state index is 11.9.